The average Bonchev–Trinajstić information content (AvgIpc) is 2.59. The van der Waals surface area contributed by atoms with Gasteiger partial charge in [-0.25, -0.2) is 4.57 Å². The summed E-state index contributed by atoms with van der Waals surface area (Å²) in [7, 11) is -4.63. The number of nitro groups is 1. The van der Waals surface area contributed by atoms with Crippen LogP contribution in [-0.2, 0) is 15.5 Å². The van der Waals surface area contributed by atoms with Gasteiger partial charge in [-0.3, -0.25) is 14.6 Å². The summed E-state index contributed by atoms with van der Waals surface area (Å²) in [5.41, 5.74) is 1.22. The summed E-state index contributed by atoms with van der Waals surface area (Å²) in [5, 5.41) is 11.5. The Balaban J connectivity index is 2.39. The fourth-order valence-corrected chi connectivity index (χ4v) is 4.20. The summed E-state index contributed by atoms with van der Waals surface area (Å²) in [6.07, 6.45) is 8.88. The van der Waals surface area contributed by atoms with Crippen LogP contribution in [0.4, 0.5) is 5.69 Å². The molecule has 0 fully saturated rings. The first-order valence-electron chi connectivity index (χ1n) is 8.27. The van der Waals surface area contributed by atoms with Crippen molar-refractivity contribution in [2.24, 2.45) is 0 Å². The van der Waals surface area contributed by atoms with Gasteiger partial charge in [-0.1, -0.05) is 43.8 Å². The zero-order valence-electron chi connectivity index (χ0n) is 14.6. The number of phosphoric ester groups is 1. The highest BCUT2D eigenvalue weighted by atomic mass is 32.2. The van der Waals surface area contributed by atoms with E-state index in [1.165, 1.54) is 0 Å². The lowest BCUT2D eigenvalue weighted by Crippen LogP contribution is -2.07. The van der Waals surface area contributed by atoms with Crippen LogP contribution in [0.3, 0.4) is 0 Å². The third-order valence-electron chi connectivity index (χ3n) is 4.00. The number of benzene rings is 1. The zero-order valence-corrected chi connectivity index (χ0v) is 16.3. The monoisotopic (exact) mass is 399 g/mol. The summed E-state index contributed by atoms with van der Waals surface area (Å²) in [4.78, 5) is 30.8. The highest BCUT2D eigenvalue weighted by Crippen LogP contribution is 2.41. The van der Waals surface area contributed by atoms with E-state index < -0.39 is 18.7 Å². The molecule has 0 aromatic heterocycles. The minimum atomic E-state index is -4.63. The molecule has 1 aliphatic rings. The molecule has 0 saturated heterocycles. The highest BCUT2D eigenvalue weighted by molar-refractivity contribution is 8.03. The summed E-state index contributed by atoms with van der Waals surface area (Å²) in [5.74, 6) is -0.538. The van der Waals surface area contributed by atoms with Gasteiger partial charge in [0.1, 0.15) is 0 Å². The number of hydrogen-bond acceptors (Lipinski definition) is 5. The average molecular weight is 399 g/mol. The van der Waals surface area contributed by atoms with Gasteiger partial charge in [0.25, 0.3) is 5.69 Å². The van der Waals surface area contributed by atoms with E-state index in [2.05, 4.69) is 16.7 Å². The Morgan fingerprint density at radius 1 is 1.38 bits per heavy atom. The van der Waals surface area contributed by atoms with Crippen molar-refractivity contribution in [3.05, 3.63) is 56.5 Å². The molecule has 0 amide bonds. The molecule has 26 heavy (non-hydrogen) atoms. The molecule has 7 nitrogen and oxygen atoms in total. The Bertz CT molecular complexity index is 786. The van der Waals surface area contributed by atoms with Crippen LogP contribution < -0.4 is 0 Å². The van der Waals surface area contributed by atoms with Crippen LogP contribution in [0.1, 0.15) is 43.7 Å². The van der Waals surface area contributed by atoms with Gasteiger partial charge >= 0.3 is 7.82 Å². The Morgan fingerprint density at radius 3 is 2.65 bits per heavy atom. The third-order valence-corrected chi connectivity index (χ3v) is 5.62. The normalized spacial score (nSPS) is 15.6. The molecule has 1 aliphatic carbocycles. The fourth-order valence-electron chi connectivity index (χ4n) is 2.64. The first-order valence-corrected chi connectivity index (χ1v) is 10.6. The maximum absolute atomic E-state index is 11.5. The second-order valence-corrected chi connectivity index (χ2v) is 8.36. The summed E-state index contributed by atoms with van der Waals surface area (Å²) >= 11 is 1.55. The second-order valence-electron chi connectivity index (χ2n) is 6.01. The number of nitrogens with zero attached hydrogens (tertiary/aromatic N) is 1. The molecule has 142 valence electrons. The molecule has 0 radical (unpaired) electrons. The first kappa shape index (κ1) is 20.9. The zero-order chi connectivity index (χ0) is 19.3. The fraction of sp³-hybridized carbons (Fsp3) is 0.412. The molecule has 0 heterocycles. The van der Waals surface area contributed by atoms with Crippen LogP contribution in [0.2, 0.25) is 0 Å². The SMILES string of the molecule is CCc1cc([N+](=O)[O-])c(C(C)COP(=O)(O)O)cc1SC1=CCCC=C1. The Hall–Kier alpha value is -1.44. The van der Waals surface area contributed by atoms with Crippen LogP contribution in [0.5, 0.6) is 0 Å². The van der Waals surface area contributed by atoms with E-state index >= 15 is 0 Å². The van der Waals surface area contributed by atoms with E-state index in [0.29, 0.717) is 12.0 Å². The molecule has 0 aliphatic heterocycles. The molecule has 2 rings (SSSR count). The smallest absolute Gasteiger partial charge is 0.303 e. The highest BCUT2D eigenvalue weighted by Gasteiger charge is 2.25. The van der Waals surface area contributed by atoms with Crippen molar-refractivity contribution in [1.29, 1.82) is 0 Å². The molecular weight excluding hydrogens is 377 g/mol. The maximum atomic E-state index is 11.5. The lowest BCUT2D eigenvalue weighted by atomic mass is 9.97. The Labute approximate surface area is 156 Å². The first-order chi connectivity index (χ1) is 12.2. The van der Waals surface area contributed by atoms with Gasteiger partial charge in [0, 0.05) is 27.3 Å². The van der Waals surface area contributed by atoms with Crippen molar-refractivity contribution in [2.75, 3.05) is 6.61 Å². The van der Waals surface area contributed by atoms with Gasteiger partial charge < -0.3 is 9.79 Å². The number of aryl methyl sites for hydroxylation is 1. The lowest BCUT2D eigenvalue weighted by molar-refractivity contribution is -0.385. The van der Waals surface area contributed by atoms with E-state index in [-0.39, 0.29) is 12.3 Å². The number of hydrogen-bond donors (Lipinski definition) is 2. The Kier molecular flexibility index (Phi) is 7.20. The van der Waals surface area contributed by atoms with E-state index in [1.807, 2.05) is 13.0 Å². The Morgan fingerprint density at radius 2 is 2.12 bits per heavy atom. The minimum Gasteiger partial charge on any atom is -0.303 e. The number of phosphoric acid groups is 1. The van der Waals surface area contributed by atoms with Crippen molar-refractivity contribution in [1.82, 2.24) is 0 Å². The van der Waals surface area contributed by atoms with Gasteiger partial charge in [0.2, 0.25) is 0 Å². The van der Waals surface area contributed by atoms with Crippen LogP contribution in [0, 0.1) is 10.1 Å². The van der Waals surface area contributed by atoms with Crippen LogP contribution >= 0.6 is 19.6 Å². The van der Waals surface area contributed by atoms with E-state index in [4.69, 9.17) is 9.79 Å². The van der Waals surface area contributed by atoms with Gasteiger partial charge in [0.05, 0.1) is 11.5 Å². The van der Waals surface area contributed by atoms with Crippen molar-refractivity contribution >= 4 is 25.3 Å². The predicted octanol–water partition coefficient (Wildman–Crippen LogP) is 4.70. The van der Waals surface area contributed by atoms with Crippen LogP contribution in [0.15, 0.2) is 40.2 Å². The topological polar surface area (TPSA) is 110 Å². The van der Waals surface area contributed by atoms with Gasteiger partial charge in [-0.15, -0.1) is 0 Å². The molecule has 1 unspecified atom stereocenters. The molecule has 2 N–H and O–H groups in total. The number of allylic oxidation sites excluding steroid dienone is 3. The summed E-state index contributed by atoms with van der Waals surface area (Å²) in [6.45, 7) is 3.29. The van der Waals surface area contributed by atoms with Gasteiger partial charge in [-0.05, 0) is 30.9 Å². The molecular formula is C17H22NO6PS. The molecule has 0 bridgehead atoms. The quantitative estimate of drug-likeness (QED) is 0.370. The van der Waals surface area contributed by atoms with Crippen LogP contribution in [0.25, 0.3) is 0 Å². The minimum absolute atomic E-state index is 0.0545. The molecule has 9 heteroatoms. The summed E-state index contributed by atoms with van der Waals surface area (Å²) < 4.78 is 15.5. The van der Waals surface area contributed by atoms with E-state index in [1.54, 1.807) is 30.8 Å². The van der Waals surface area contributed by atoms with Gasteiger partial charge in [-0.2, -0.15) is 0 Å². The van der Waals surface area contributed by atoms with Crippen molar-refractivity contribution in [2.45, 2.75) is 43.9 Å². The molecule has 1 aromatic carbocycles. The molecule has 0 saturated carbocycles. The van der Waals surface area contributed by atoms with Crippen molar-refractivity contribution < 1.29 is 23.8 Å². The third kappa shape index (κ3) is 5.79. The van der Waals surface area contributed by atoms with Crippen molar-refractivity contribution in [3.8, 4) is 0 Å². The standard InChI is InChI=1S/C17H22NO6PS/c1-3-13-9-16(18(19)20)15(12(2)11-24-25(21,22)23)10-17(13)26-14-7-5-4-6-8-14/h5,7-10,12H,3-4,6,11H2,1-2H3,(H2,21,22,23). The largest absolute Gasteiger partial charge is 0.469 e. The van der Waals surface area contributed by atoms with E-state index in [9.17, 15) is 14.7 Å². The molecule has 1 atom stereocenters. The number of nitro benzene ring substituents is 1. The van der Waals surface area contributed by atoms with Crippen LogP contribution in [-0.4, -0.2) is 21.3 Å². The second kappa shape index (κ2) is 8.97. The molecule has 1 aromatic rings. The van der Waals surface area contributed by atoms with Gasteiger partial charge in [0.15, 0.2) is 0 Å². The maximum Gasteiger partial charge on any atom is 0.469 e. The molecule has 0 spiro atoms. The van der Waals surface area contributed by atoms with Crippen molar-refractivity contribution in [3.63, 3.8) is 0 Å². The summed E-state index contributed by atoms with van der Waals surface area (Å²) in [6, 6.07) is 3.30. The van der Waals surface area contributed by atoms with E-state index in [0.717, 1.165) is 28.2 Å². The number of thioether (sulfide) groups is 1. The predicted molar refractivity (Wildman–Crippen MR) is 101 cm³/mol. The number of rotatable bonds is 8. The lowest BCUT2D eigenvalue weighted by Gasteiger charge is -2.17.